The lowest BCUT2D eigenvalue weighted by Gasteiger charge is -2.58. The van der Waals surface area contributed by atoms with Crippen LogP contribution in [0.25, 0.3) is 0 Å². The quantitative estimate of drug-likeness (QED) is 0.168. The highest BCUT2D eigenvalue weighted by molar-refractivity contribution is 5.26. The first kappa shape index (κ1) is 45.3. The van der Waals surface area contributed by atoms with E-state index in [-0.39, 0.29) is 23.0 Å². The average molecular weight is 869 g/mol. The molecule has 3 saturated carbocycles. The highest BCUT2D eigenvalue weighted by atomic mass is 16.8. The lowest BCUT2D eigenvalue weighted by Crippen LogP contribution is -2.66. The van der Waals surface area contributed by atoms with Crippen LogP contribution in [0.2, 0.25) is 0 Å². The summed E-state index contributed by atoms with van der Waals surface area (Å²) in [5, 5.41) is 85.9. The summed E-state index contributed by atoms with van der Waals surface area (Å²) >= 11 is 0. The van der Waals surface area contributed by atoms with E-state index >= 15 is 0 Å². The molecule has 9 rings (SSSR count). The van der Waals surface area contributed by atoms with Gasteiger partial charge in [-0.25, -0.2) is 0 Å². The fourth-order valence-corrected chi connectivity index (χ4v) is 14.0. The summed E-state index contributed by atoms with van der Waals surface area (Å²) in [4.78, 5) is 0. The molecule has 0 bridgehead atoms. The van der Waals surface area contributed by atoms with Crippen LogP contribution in [0.1, 0.15) is 99.3 Å². The Bertz CT molecular complexity index is 1590. The Morgan fingerprint density at radius 2 is 1.34 bits per heavy atom. The second kappa shape index (κ2) is 16.8. The third-order valence-electron chi connectivity index (χ3n) is 17.6. The largest absolute Gasteiger partial charge is 0.394 e. The van der Waals surface area contributed by atoms with Crippen LogP contribution in [0.15, 0.2) is 11.6 Å². The Kier molecular flexibility index (Phi) is 12.4. The zero-order chi connectivity index (χ0) is 43.5. The molecule has 348 valence electrons. The molecule has 61 heavy (non-hydrogen) atoms. The van der Waals surface area contributed by atoms with Crippen LogP contribution in [-0.4, -0.2) is 164 Å². The predicted octanol–water partition coefficient (Wildman–Crippen LogP) is 1.24. The minimum atomic E-state index is -1.71. The smallest absolute Gasteiger partial charge is 0.187 e. The standard InChI is InChI=1S/C45H72O16/c1-19-9-14-45(54-18-19)20(2)30-28(61-45)16-27-25-8-7-23-15-24(10-12-43(23,5)26(25)11-13-44(27,30)6)57-42-39(60-41-36(52)34(50)32(48)22(4)56-41)37(53)38(29(17-46)58-42)59-40-35(51)33(49)31(47)21(3)55-40/h7,19-22,24-42,46-53H,8-18H2,1-6H3/t19-,20-,21-,22-,24+,25+,26-,27-,28-,29+,30-,31-,32-,33+,34+,35+,36+,37-,38+,39+,40+,41+,42+,43-,44-,45+/m1/s1. The molecule has 0 aromatic heterocycles. The van der Waals surface area contributed by atoms with E-state index in [0.717, 1.165) is 45.1 Å². The average Bonchev–Trinajstić information content (AvgIpc) is 3.69. The number of aliphatic hydroxyl groups excluding tert-OH is 8. The number of hydrogen-bond donors (Lipinski definition) is 8. The van der Waals surface area contributed by atoms with Crippen LogP contribution in [-0.2, 0) is 37.9 Å². The van der Waals surface area contributed by atoms with Crippen LogP contribution in [0, 0.1) is 46.3 Å². The molecule has 0 aromatic carbocycles. The number of allylic oxidation sites excluding steroid dienone is 1. The fraction of sp³-hybridized carbons (Fsp3) is 0.956. The zero-order valence-corrected chi connectivity index (χ0v) is 36.5. The van der Waals surface area contributed by atoms with E-state index in [1.54, 1.807) is 0 Å². The molecule has 0 radical (unpaired) electrons. The number of fused-ring (bicyclic) bond motifs is 7. The SMILES string of the molecule is C[C@@H]1CC[C@]2(OC1)O[C@@H]1C[C@@H]3[C@H]4CC=C5C[C@@H](O[C@H]6O[C@@H](CO)[C@H](O[C@@H]7O[C@H](C)[C@@H](O)[C@H](O)[C@@H]7O)[C@@H](O)[C@@H]6O[C@@H]6O[C@H](C)[C@@H](O)[C@H](O)[C@@H]6O)CC[C@@]5(C)[C@@H]4CC[C@@]3(C)[C@@H]1[C@H]2C. The van der Waals surface area contributed by atoms with Crippen molar-refractivity contribution >= 4 is 0 Å². The summed E-state index contributed by atoms with van der Waals surface area (Å²) in [6.07, 6.45) is -10.4. The van der Waals surface area contributed by atoms with Gasteiger partial charge in [-0.15, -0.1) is 0 Å². The first-order chi connectivity index (χ1) is 28.9. The summed E-state index contributed by atoms with van der Waals surface area (Å²) in [6, 6.07) is 0. The summed E-state index contributed by atoms with van der Waals surface area (Å²) < 4.78 is 50.1. The summed E-state index contributed by atoms with van der Waals surface area (Å²) in [5.41, 5.74) is 1.53. The molecule has 8 fully saturated rings. The van der Waals surface area contributed by atoms with Crippen LogP contribution < -0.4 is 0 Å². The molecule has 26 atom stereocenters. The highest BCUT2D eigenvalue weighted by Gasteiger charge is 2.69. The van der Waals surface area contributed by atoms with Crippen molar-refractivity contribution in [2.45, 2.75) is 209 Å². The number of rotatable bonds is 7. The van der Waals surface area contributed by atoms with Gasteiger partial charge in [0.25, 0.3) is 0 Å². The van der Waals surface area contributed by atoms with Gasteiger partial charge in [0, 0.05) is 12.3 Å². The molecule has 0 amide bonds. The monoisotopic (exact) mass is 868 g/mol. The lowest BCUT2D eigenvalue weighted by molar-refractivity contribution is -0.388. The fourth-order valence-electron chi connectivity index (χ4n) is 14.0. The van der Waals surface area contributed by atoms with Crippen molar-refractivity contribution in [3.05, 3.63) is 11.6 Å². The summed E-state index contributed by atoms with van der Waals surface area (Å²) in [5.74, 6) is 2.64. The normalized spacial score (nSPS) is 58.4. The highest BCUT2D eigenvalue weighted by Crippen LogP contribution is 2.70. The Labute approximate surface area is 358 Å². The van der Waals surface area contributed by atoms with E-state index in [9.17, 15) is 40.9 Å². The zero-order valence-electron chi connectivity index (χ0n) is 36.5. The molecule has 0 unspecified atom stereocenters. The van der Waals surface area contributed by atoms with Gasteiger partial charge in [0.2, 0.25) is 0 Å². The maximum Gasteiger partial charge on any atom is 0.187 e. The molecule has 16 nitrogen and oxygen atoms in total. The van der Waals surface area contributed by atoms with E-state index in [4.69, 9.17) is 37.9 Å². The van der Waals surface area contributed by atoms with E-state index in [2.05, 4.69) is 33.8 Å². The van der Waals surface area contributed by atoms with Gasteiger partial charge in [-0.2, -0.15) is 0 Å². The van der Waals surface area contributed by atoms with Crippen LogP contribution in [0.5, 0.6) is 0 Å². The summed E-state index contributed by atoms with van der Waals surface area (Å²) in [6.45, 7) is 12.7. The van der Waals surface area contributed by atoms with Crippen molar-refractivity contribution in [1.29, 1.82) is 0 Å². The second-order valence-corrected chi connectivity index (χ2v) is 21.1. The van der Waals surface area contributed by atoms with Crippen molar-refractivity contribution in [3.63, 3.8) is 0 Å². The van der Waals surface area contributed by atoms with E-state index in [1.807, 2.05) is 0 Å². The van der Waals surface area contributed by atoms with Gasteiger partial charge >= 0.3 is 0 Å². The maximum absolute atomic E-state index is 12.0. The molecule has 8 N–H and O–H groups in total. The lowest BCUT2D eigenvalue weighted by atomic mass is 9.47. The first-order valence-electron chi connectivity index (χ1n) is 23.2. The maximum atomic E-state index is 12.0. The van der Waals surface area contributed by atoms with E-state index in [0.29, 0.717) is 48.3 Å². The molecule has 5 saturated heterocycles. The first-order valence-corrected chi connectivity index (χ1v) is 23.2. The molecular formula is C45H72O16. The van der Waals surface area contributed by atoms with E-state index < -0.39 is 105 Å². The Balaban J connectivity index is 0.916. The number of hydrogen-bond acceptors (Lipinski definition) is 16. The minimum Gasteiger partial charge on any atom is -0.394 e. The Hall–Kier alpha value is -0.900. The van der Waals surface area contributed by atoms with Gasteiger partial charge in [0.05, 0.1) is 37.6 Å². The molecule has 5 heterocycles. The minimum absolute atomic E-state index is 0.0171. The third kappa shape index (κ3) is 7.42. The van der Waals surface area contributed by atoms with Gasteiger partial charge in [0.1, 0.15) is 61.0 Å². The molecule has 4 aliphatic carbocycles. The predicted molar refractivity (Wildman–Crippen MR) is 213 cm³/mol. The Morgan fingerprint density at radius 1 is 0.689 bits per heavy atom. The van der Waals surface area contributed by atoms with Gasteiger partial charge in [0.15, 0.2) is 24.7 Å². The van der Waals surface area contributed by atoms with Gasteiger partial charge in [-0.1, -0.05) is 39.3 Å². The molecule has 1 spiro atoms. The van der Waals surface area contributed by atoms with Crippen molar-refractivity contribution in [3.8, 4) is 0 Å². The Morgan fingerprint density at radius 3 is 1.97 bits per heavy atom. The molecule has 5 aliphatic heterocycles. The molecule has 9 aliphatic rings. The van der Waals surface area contributed by atoms with Crippen LogP contribution in [0.4, 0.5) is 0 Å². The van der Waals surface area contributed by atoms with Crippen LogP contribution >= 0.6 is 0 Å². The number of ether oxygens (including phenoxy) is 8. The van der Waals surface area contributed by atoms with Crippen molar-refractivity contribution in [1.82, 2.24) is 0 Å². The van der Waals surface area contributed by atoms with Crippen molar-refractivity contribution in [2.24, 2.45) is 46.3 Å². The van der Waals surface area contributed by atoms with Gasteiger partial charge < -0.3 is 78.7 Å². The van der Waals surface area contributed by atoms with Gasteiger partial charge in [-0.05, 0) is 106 Å². The second-order valence-electron chi connectivity index (χ2n) is 21.1. The summed E-state index contributed by atoms with van der Waals surface area (Å²) in [7, 11) is 0. The topological polar surface area (TPSA) is 236 Å². The van der Waals surface area contributed by atoms with Crippen molar-refractivity contribution < 1.29 is 78.7 Å². The van der Waals surface area contributed by atoms with E-state index in [1.165, 1.54) is 25.8 Å². The third-order valence-corrected chi connectivity index (χ3v) is 17.6. The van der Waals surface area contributed by atoms with Gasteiger partial charge in [-0.3, -0.25) is 0 Å². The van der Waals surface area contributed by atoms with Crippen molar-refractivity contribution in [2.75, 3.05) is 13.2 Å². The molecular weight excluding hydrogens is 796 g/mol. The molecule has 16 heteroatoms. The molecule has 0 aromatic rings. The van der Waals surface area contributed by atoms with Crippen LogP contribution in [0.3, 0.4) is 0 Å². The number of aliphatic hydroxyl groups is 8.